The maximum Gasteiger partial charge on any atom is 0.239 e. The highest BCUT2D eigenvalue weighted by atomic mass is 79.9. The molecular formula is C9H8BrNO2S2. The van der Waals surface area contributed by atoms with Gasteiger partial charge in [-0.25, -0.2) is 0 Å². The molecule has 0 N–H and O–H groups in total. The summed E-state index contributed by atoms with van der Waals surface area (Å²) in [7, 11) is 0. The van der Waals surface area contributed by atoms with Crippen molar-refractivity contribution < 1.29 is 9.59 Å². The summed E-state index contributed by atoms with van der Waals surface area (Å²) in [6.07, 6.45) is 0. The van der Waals surface area contributed by atoms with Crippen molar-refractivity contribution in [2.45, 2.75) is 6.54 Å². The normalized spacial score (nSPS) is 17.3. The molecule has 80 valence electrons. The lowest BCUT2D eigenvalue weighted by Crippen LogP contribution is -2.42. The molecule has 6 heteroatoms. The zero-order chi connectivity index (χ0) is 10.8. The summed E-state index contributed by atoms with van der Waals surface area (Å²) in [6.45, 7) is 0.399. The molecule has 0 saturated carbocycles. The fourth-order valence-corrected chi connectivity index (χ4v) is 3.51. The Labute approximate surface area is 104 Å². The minimum absolute atomic E-state index is 0.0865. The predicted octanol–water partition coefficient (Wildman–Crippen LogP) is 2.11. The Balaban J connectivity index is 2.13. The van der Waals surface area contributed by atoms with Crippen LogP contribution in [-0.4, -0.2) is 28.2 Å². The summed E-state index contributed by atoms with van der Waals surface area (Å²) < 4.78 is 0.964. The SMILES string of the molecule is O=C1CSCC(=O)N1Cc1sccc1Br. The summed E-state index contributed by atoms with van der Waals surface area (Å²) in [5.74, 6) is 0.650. The number of rotatable bonds is 2. The van der Waals surface area contributed by atoms with Crippen LogP contribution in [0.25, 0.3) is 0 Å². The zero-order valence-corrected chi connectivity index (χ0v) is 11.0. The van der Waals surface area contributed by atoms with E-state index >= 15 is 0 Å². The first kappa shape index (κ1) is 11.2. The quantitative estimate of drug-likeness (QED) is 0.785. The van der Waals surface area contributed by atoms with Gasteiger partial charge >= 0.3 is 0 Å². The third-order valence-corrected chi connectivity index (χ3v) is 4.86. The lowest BCUT2D eigenvalue weighted by molar-refractivity contribution is -0.142. The van der Waals surface area contributed by atoms with Gasteiger partial charge in [-0.1, -0.05) is 0 Å². The lowest BCUT2D eigenvalue weighted by atomic mass is 10.4. The third kappa shape index (κ3) is 2.43. The van der Waals surface area contributed by atoms with Gasteiger partial charge in [0.2, 0.25) is 11.8 Å². The molecule has 0 radical (unpaired) electrons. The van der Waals surface area contributed by atoms with Gasteiger partial charge in [-0.05, 0) is 27.4 Å². The van der Waals surface area contributed by atoms with Crippen LogP contribution in [0.4, 0.5) is 0 Å². The van der Waals surface area contributed by atoms with Crippen molar-refractivity contribution in [1.29, 1.82) is 0 Å². The van der Waals surface area contributed by atoms with Crippen LogP contribution in [-0.2, 0) is 16.1 Å². The van der Waals surface area contributed by atoms with Crippen molar-refractivity contribution in [3.63, 3.8) is 0 Å². The van der Waals surface area contributed by atoms with E-state index in [4.69, 9.17) is 0 Å². The van der Waals surface area contributed by atoms with Crippen molar-refractivity contribution in [3.8, 4) is 0 Å². The Hall–Kier alpha value is -0.330. The predicted molar refractivity (Wildman–Crippen MR) is 64.9 cm³/mol. The van der Waals surface area contributed by atoms with E-state index in [0.29, 0.717) is 18.1 Å². The fourth-order valence-electron chi connectivity index (χ4n) is 1.28. The van der Waals surface area contributed by atoms with Crippen LogP contribution in [0.5, 0.6) is 0 Å². The Morgan fingerprint density at radius 2 is 2.00 bits per heavy atom. The number of hydrogen-bond acceptors (Lipinski definition) is 4. The molecule has 2 heterocycles. The summed E-state index contributed by atoms with van der Waals surface area (Å²) >= 11 is 6.32. The van der Waals surface area contributed by atoms with Crippen LogP contribution >= 0.6 is 39.0 Å². The molecule has 0 spiro atoms. The monoisotopic (exact) mass is 305 g/mol. The largest absolute Gasteiger partial charge is 0.276 e. The summed E-state index contributed by atoms with van der Waals surface area (Å²) in [5, 5.41) is 1.94. The number of amides is 2. The van der Waals surface area contributed by atoms with Crippen LogP contribution in [0.1, 0.15) is 4.88 Å². The number of carbonyl (C=O) groups is 2. The molecule has 0 aliphatic carbocycles. The van der Waals surface area contributed by atoms with Gasteiger partial charge in [0.25, 0.3) is 0 Å². The van der Waals surface area contributed by atoms with Gasteiger partial charge in [-0.15, -0.1) is 23.1 Å². The average Bonchev–Trinajstić information content (AvgIpc) is 2.58. The van der Waals surface area contributed by atoms with Crippen molar-refractivity contribution in [1.82, 2.24) is 4.90 Å². The molecule has 1 saturated heterocycles. The highest BCUT2D eigenvalue weighted by Crippen LogP contribution is 2.25. The number of carbonyl (C=O) groups excluding carboxylic acids is 2. The van der Waals surface area contributed by atoms with E-state index in [9.17, 15) is 9.59 Å². The molecule has 2 rings (SSSR count). The van der Waals surface area contributed by atoms with Gasteiger partial charge in [0, 0.05) is 9.35 Å². The first-order valence-corrected chi connectivity index (χ1v) is 7.14. The molecule has 0 bridgehead atoms. The Morgan fingerprint density at radius 1 is 1.33 bits per heavy atom. The lowest BCUT2D eigenvalue weighted by Gasteiger charge is -2.24. The molecule has 3 nitrogen and oxygen atoms in total. The first-order chi connectivity index (χ1) is 7.18. The van der Waals surface area contributed by atoms with E-state index < -0.39 is 0 Å². The van der Waals surface area contributed by atoms with Crippen molar-refractivity contribution in [2.75, 3.05) is 11.5 Å². The molecule has 1 fully saturated rings. The fraction of sp³-hybridized carbons (Fsp3) is 0.333. The van der Waals surface area contributed by atoms with Gasteiger partial charge in [-0.3, -0.25) is 14.5 Å². The molecule has 15 heavy (non-hydrogen) atoms. The summed E-state index contributed by atoms with van der Waals surface area (Å²) in [6, 6.07) is 1.92. The van der Waals surface area contributed by atoms with Gasteiger partial charge < -0.3 is 0 Å². The summed E-state index contributed by atoms with van der Waals surface area (Å²) in [5.41, 5.74) is 0. The molecule has 1 aromatic heterocycles. The maximum absolute atomic E-state index is 11.5. The van der Waals surface area contributed by atoms with Crippen LogP contribution in [0.15, 0.2) is 15.9 Å². The Bertz CT molecular complexity index is 389. The molecular weight excluding hydrogens is 298 g/mol. The van der Waals surface area contributed by atoms with Crippen molar-refractivity contribution in [3.05, 3.63) is 20.8 Å². The third-order valence-electron chi connectivity index (χ3n) is 2.05. The second-order valence-electron chi connectivity index (χ2n) is 3.06. The molecule has 1 aliphatic heterocycles. The Morgan fingerprint density at radius 3 is 2.53 bits per heavy atom. The summed E-state index contributed by atoms with van der Waals surface area (Å²) in [4.78, 5) is 25.4. The number of thioether (sulfide) groups is 1. The standard InChI is InChI=1S/C9H8BrNO2S2/c10-6-1-2-15-7(6)3-11-8(12)4-14-5-9(11)13/h1-2H,3-5H2. The van der Waals surface area contributed by atoms with E-state index in [2.05, 4.69) is 15.9 Å². The van der Waals surface area contributed by atoms with Gasteiger partial charge in [0.15, 0.2) is 0 Å². The van der Waals surface area contributed by atoms with E-state index in [1.807, 2.05) is 11.4 Å². The smallest absolute Gasteiger partial charge is 0.239 e. The van der Waals surface area contributed by atoms with Gasteiger partial charge in [0.05, 0.1) is 18.1 Å². The molecule has 1 aromatic rings. The van der Waals surface area contributed by atoms with E-state index in [-0.39, 0.29) is 11.8 Å². The van der Waals surface area contributed by atoms with Crippen LogP contribution < -0.4 is 0 Å². The number of nitrogens with zero attached hydrogens (tertiary/aromatic N) is 1. The molecule has 0 aromatic carbocycles. The van der Waals surface area contributed by atoms with Gasteiger partial charge in [-0.2, -0.15) is 0 Å². The van der Waals surface area contributed by atoms with E-state index in [1.54, 1.807) is 11.3 Å². The van der Waals surface area contributed by atoms with Crippen LogP contribution in [0.2, 0.25) is 0 Å². The highest BCUT2D eigenvalue weighted by molar-refractivity contribution is 9.10. The number of halogens is 1. The first-order valence-electron chi connectivity index (χ1n) is 4.31. The molecule has 0 unspecified atom stereocenters. The second kappa shape index (κ2) is 4.67. The van der Waals surface area contributed by atoms with Crippen LogP contribution in [0, 0.1) is 0 Å². The second-order valence-corrected chi connectivity index (χ2v) is 5.90. The maximum atomic E-state index is 11.5. The number of thiophene rings is 1. The van der Waals surface area contributed by atoms with E-state index in [1.165, 1.54) is 16.7 Å². The number of imide groups is 1. The molecule has 2 amide bonds. The van der Waals surface area contributed by atoms with E-state index in [0.717, 1.165) is 9.35 Å². The van der Waals surface area contributed by atoms with Crippen molar-refractivity contribution in [2.24, 2.45) is 0 Å². The topological polar surface area (TPSA) is 37.4 Å². The number of hydrogen-bond donors (Lipinski definition) is 0. The van der Waals surface area contributed by atoms with Crippen molar-refractivity contribution >= 4 is 50.8 Å². The Kier molecular flexibility index (Phi) is 3.48. The van der Waals surface area contributed by atoms with Gasteiger partial charge in [0.1, 0.15) is 0 Å². The van der Waals surface area contributed by atoms with Crippen LogP contribution in [0.3, 0.4) is 0 Å². The molecule has 0 atom stereocenters. The minimum atomic E-state index is -0.0865. The molecule has 1 aliphatic rings. The highest BCUT2D eigenvalue weighted by Gasteiger charge is 2.26. The zero-order valence-electron chi connectivity index (χ0n) is 7.73. The minimum Gasteiger partial charge on any atom is -0.276 e. The average molecular weight is 306 g/mol.